The number of benzene rings is 2. The first kappa shape index (κ1) is 22.6. The summed E-state index contributed by atoms with van der Waals surface area (Å²) in [6.07, 6.45) is 0. The second-order valence-corrected chi connectivity index (χ2v) is 7.95. The molecule has 7 nitrogen and oxygen atoms in total. The summed E-state index contributed by atoms with van der Waals surface area (Å²) >= 11 is 0. The number of hydrogen-bond acceptors (Lipinski definition) is 5. The summed E-state index contributed by atoms with van der Waals surface area (Å²) in [6.45, 7) is -1.30. The summed E-state index contributed by atoms with van der Waals surface area (Å²) in [5.41, 5.74) is 0.674. The largest absolute Gasteiger partial charge is 0.497 e. The second kappa shape index (κ2) is 9.66. The minimum Gasteiger partial charge on any atom is -0.497 e. The van der Waals surface area contributed by atoms with Gasteiger partial charge in [-0.05, 0) is 48.9 Å². The number of alkyl halides is 2. The van der Waals surface area contributed by atoms with E-state index in [1.165, 1.54) is 62.4 Å². The smallest absolute Gasteiger partial charge is 0.387 e. The lowest BCUT2D eigenvalue weighted by molar-refractivity contribution is -0.131. The molecule has 0 aliphatic heterocycles. The molecule has 2 rings (SSSR count). The van der Waals surface area contributed by atoms with E-state index in [2.05, 4.69) is 9.46 Å². The van der Waals surface area contributed by atoms with Crippen molar-refractivity contribution in [3.63, 3.8) is 0 Å². The van der Waals surface area contributed by atoms with Gasteiger partial charge < -0.3 is 14.4 Å². The average molecular weight is 428 g/mol. The van der Waals surface area contributed by atoms with E-state index in [4.69, 9.17) is 4.74 Å². The number of carbonyl (C=O) groups is 1. The minimum atomic E-state index is -3.89. The highest BCUT2D eigenvalue weighted by Crippen LogP contribution is 2.17. The zero-order chi connectivity index (χ0) is 21.6. The molecule has 0 bridgehead atoms. The third-order valence-corrected chi connectivity index (χ3v) is 5.57. The van der Waals surface area contributed by atoms with Gasteiger partial charge in [0.1, 0.15) is 11.5 Å². The molecule has 158 valence electrons. The van der Waals surface area contributed by atoms with Gasteiger partial charge in [-0.15, -0.1) is 0 Å². The average Bonchev–Trinajstić information content (AvgIpc) is 2.68. The number of carbonyl (C=O) groups excluding carboxylic acids is 1. The van der Waals surface area contributed by atoms with Gasteiger partial charge in [-0.1, -0.05) is 12.1 Å². The Hall–Kier alpha value is -2.72. The Balaban J connectivity index is 1.99. The summed E-state index contributed by atoms with van der Waals surface area (Å²) in [4.78, 5) is 13.9. The monoisotopic (exact) mass is 428 g/mol. The Labute approximate surface area is 168 Å². The Kier molecular flexibility index (Phi) is 7.52. The lowest BCUT2D eigenvalue weighted by Crippen LogP contribution is -2.45. The molecule has 0 aliphatic rings. The predicted octanol–water partition coefficient (Wildman–Crippen LogP) is 2.62. The highest BCUT2D eigenvalue weighted by atomic mass is 32.2. The van der Waals surface area contributed by atoms with Crippen molar-refractivity contribution >= 4 is 15.9 Å². The highest BCUT2D eigenvalue weighted by Gasteiger charge is 2.24. The molecule has 2 aromatic carbocycles. The Morgan fingerprint density at radius 3 is 2.14 bits per heavy atom. The van der Waals surface area contributed by atoms with Crippen molar-refractivity contribution in [3.8, 4) is 11.5 Å². The van der Waals surface area contributed by atoms with Gasteiger partial charge in [0.05, 0.1) is 18.0 Å². The molecule has 0 saturated heterocycles. The van der Waals surface area contributed by atoms with Gasteiger partial charge in [0.15, 0.2) is 0 Å². The van der Waals surface area contributed by atoms with Crippen LogP contribution in [0.25, 0.3) is 0 Å². The topological polar surface area (TPSA) is 84.9 Å². The fourth-order valence-corrected chi connectivity index (χ4v) is 3.76. The van der Waals surface area contributed by atoms with E-state index in [1.807, 2.05) is 0 Å². The fraction of sp³-hybridized carbons (Fsp3) is 0.316. The number of ether oxygens (including phenoxy) is 2. The summed E-state index contributed by atoms with van der Waals surface area (Å²) in [5.74, 6) is 0.0751. The van der Waals surface area contributed by atoms with Gasteiger partial charge in [-0.2, -0.15) is 13.5 Å². The molecule has 29 heavy (non-hydrogen) atoms. The van der Waals surface area contributed by atoms with Crippen LogP contribution in [-0.4, -0.2) is 46.0 Å². The van der Waals surface area contributed by atoms with Crippen LogP contribution in [0.4, 0.5) is 8.78 Å². The van der Waals surface area contributed by atoms with Crippen molar-refractivity contribution in [2.24, 2.45) is 0 Å². The first-order valence-corrected chi connectivity index (χ1v) is 10.1. The van der Waals surface area contributed by atoms with Crippen LogP contribution >= 0.6 is 0 Å². The van der Waals surface area contributed by atoms with Crippen molar-refractivity contribution in [2.45, 2.75) is 31.0 Å². The maximum Gasteiger partial charge on any atom is 0.387 e. The van der Waals surface area contributed by atoms with E-state index >= 15 is 0 Å². The number of rotatable bonds is 9. The van der Waals surface area contributed by atoms with Gasteiger partial charge in [0, 0.05) is 13.6 Å². The number of nitrogens with zero attached hydrogens (tertiary/aromatic N) is 1. The van der Waals surface area contributed by atoms with Crippen molar-refractivity contribution in [2.75, 3.05) is 14.2 Å². The zero-order valence-corrected chi connectivity index (χ0v) is 16.9. The molecule has 0 unspecified atom stereocenters. The number of halogens is 2. The van der Waals surface area contributed by atoms with Crippen LogP contribution in [-0.2, 0) is 21.4 Å². The third-order valence-electron chi connectivity index (χ3n) is 4.02. The number of methoxy groups -OCH3 is 1. The molecule has 10 heteroatoms. The lowest BCUT2D eigenvalue weighted by atomic mass is 10.2. The molecular weight excluding hydrogens is 406 g/mol. The number of likely N-dealkylation sites (N-methyl/N-ethyl adjacent to an activating group) is 1. The van der Waals surface area contributed by atoms with Crippen LogP contribution in [0.5, 0.6) is 11.5 Å². The molecule has 2 aromatic rings. The van der Waals surface area contributed by atoms with E-state index in [9.17, 15) is 22.0 Å². The van der Waals surface area contributed by atoms with Gasteiger partial charge >= 0.3 is 6.61 Å². The van der Waals surface area contributed by atoms with Crippen molar-refractivity contribution in [3.05, 3.63) is 54.1 Å². The van der Waals surface area contributed by atoms with Crippen molar-refractivity contribution < 1.29 is 31.5 Å². The standard InChI is InChI=1S/C19H22F2N2O5S/c1-13(22-29(25,26)17-10-8-15(27-3)9-11-17)18(24)23(2)12-14-4-6-16(7-5-14)28-19(20)21/h4-11,13,19,22H,12H2,1-3H3/t13-/m0/s1. The minimum absolute atomic E-state index is 0.00946. The molecule has 1 amide bonds. The molecule has 0 saturated carbocycles. The normalized spacial score (nSPS) is 12.5. The van der Waals surface area contributed by atoms with Gasteiger partial charge in [0.25, 0.3) is 0 Å². The van der Waals surface area contributed by atoms with Crippen molar-refractivity contribution in [1.82, 2.24) is 9.62 Å². The number of hydrogen-bond donors (Lipinski definition) is 1. The first-order chi connectivity index (χ1) is 13.6. The van der Waals surface area contributed by atoms with Crippen LogP contribution in [0.2, 0.25) is 0 Å². The van der Waals surface area contributed by atoms with Gasteiger partial charge in [-0.3, -0.25) is 4.79 Å². The van der Waals surface area contributed by atoms with Crippen molar-refractivity contribution in [1.29, 1.82) is 0 Å². The van der Waals surface area contributed by atoms with Crippen LogP contribution in [0, 0.1) is 0 Å². The third kappa shape index (κ3) is 6.40. The van der Waals surface area contributed by atoms with Gasteiger partial charge in [0.2, 0.25) is 15.9 Å². The fourth-order valence-electron chi connectivity index (χ4n) is 2.56. The predicted molar refractivity (Wildman–Crippen MR) is 102 cm³/mol. The molecule has 0 aliphatic carbocycles. The summed E-state index contributed by atoms with van der Waals surface area (Å²) in [7, 11) is -0.906. The maximum atomic E-state index is 12.5. The molecule has 0 aromatic heterocycles. The van der Waals surface area contributed by atoms with Crippen LogP contribution < -0.4 is 14.2 Å². The molecule has 0 fully saturated rings. The Bertz CT molecular complexity index is 919. The highest BCUT2D eigenvalue weighted by molar-refractivity contribution is 7.89. The van der Waals surface area contributed by atoms with Crippen LogP contribution in [0.3, 0.4) is 0 Å². The number of nitrogens with one attached hydrogen (secondary N) is 1. The van der Waals surface area contributed by atoms with E-state index in [1.54, 1.807) is 12.1 Å². The van der Waals surface area contributed by atoms with E-state index in [0.717, 1.165) is 0 Å². The van der Waals surface area contributed by atoms with Gasteiger partial charge in [-0.25, -0.2) is 8.42 Å². The van der Waals surface area contributed by atoms with Crippen LogP contribution in [0.1, 0.15) is 12.5 Å². The number of sulfonamides is 1. The molecule has 0 radical (unpaired) electrons. The molecular formula is C19H22F2N2O5S. The van der Waals surface area contributed by atoms with E-state index < -0.39 is 28.6 Å². The second-order valence-electron chi connectivity index (χ2n) is 6.24. The zero-order valence-electron chi connectivity index (χ0n) is 16.1. The molecule has 1 atom stereocenters. The summed E-state index contributed by atoms with van der Waals surface area (Å²) in [6, 6.07) is 10.6. The Morgan fingerprint density at radius 1 is 1.07 bits per heavy atom. The molecule has 0 heterocycles. The molecule has 0 spiro atoms. The lowest BCUT2D eigenvalue weighted by Gasteiger charge is -2.22. The summed E-state index contributed by atoms with van der Waals surface area (Å²) in [5, 5.41) is 0. The van der Waals surface area contributed by atoms with E-state index in [0.29, 0.717) is 11.3 Å². The quantitative estimate of drug-likeness (QED) is 0.664. The molecule has 1 N–H and O–H groups in total. The summed E-state index contributed by atoms with van der Waals surface area (Å²) < 4.78 is 60.9. The van der Waals surface area contributed by atoms with E-state index in [-0.39, 0.29) is 17.2 Å². The number of amides is 1. The maximum absolute atomic E-state index is 12.5. The SMILES string of the molecule is COc1ccc(S(=O)(=O)N[C@@H](C)C(=O)N(C)Cc2ccc(OC(F)F)cc2)cc1. The first-order valence-electron chi connectivity index (χ1n) is 8.57. The Morgan fingerprint density at radius 2 is 1.62 bits per heavy atom. The van der Waals surface area contributed by atoms with Crippen LogP contribution in [0.15, 0.2) is 53.4 Å².